The minimum Gasteiger partial charge on any atom is -0.292 e. The minimum absolute atomic E-state index is 0.116. The number of nitrogens with zero attached hydrogens (tertiary/aromatic N) is 3. The number of halogens is 1. The van der Waals surface area contributed by atoms with E-state index in [4.69, 9.17) is 4.98 Å². The van der Waals surface area contributed by atoms with Gasteiger partial charge < -0.3 is 0 Å². The summed E-state index contributed by atoms with van der Waals surface area (Å²) in [6.45, 7) is 6.32. The second-order valence-corrected chi connectivity index (χ2v) is 10.6. The summed E-state index contributed by atoms with van der Waals surface area (Å²) in [6.07, 6.45) is 0.667. The highest BCUT2D eigenvalue weighted by Crippen LogP contribution is 2.38. The van der Waals surface area contributed by atoms with E-state index in [1.165, 1.54) is 12.1 Å². The fourth-order valence-electron chi connectivity index (χ4n) is 4.21. The molecule has 0 saturated carbocycles. The fourth-order valence-corrected chi connectivity index (χ4v) is 6.11. The Hall–Kier alpha value is -3.42. The van der Waals surface area contributed by atoms with Gasteiger partial charge in [-0.3, -0.25) is 9.36 Å². The molecule has 7 heteroatoms. The molecular formula is C28H24FN3OS2. The molecule has 0 atom stereocenters. The molecule has 0 amide bonds. The summed E-state index contributed by atoms with van der Waals surface area (Å²) in [7, 11) is 0. The van der Waals surface area contributed by atoms with E-state index in [0.29, 0.717) is 35.6 Å². The standard InChI is InChI=1S/C28H24FN3OS2/c1-17-14-24(35-26(17)23-16-34-19(3)31-23)25-18(2)30-27(21-10-7-11-22(29)15-21)32(28(25)33)13-12-20-8-5-4-6-9-20/h4-11,14-16H,12-13H2,1-3H3. The van der Waals surface area contributed by atoms with Gasteiger partial charge in [-0.2, -0.15) is 0 Å². The van der Waals surface area contributed by atoms with Crippen molar-refractivity contribution in [3.05, 3.63) is 104 Å². The second-order valence-electron chi connectivity index (χ2n) is 8.47. The number of thiophene rings is 1. The van der Waals surface area contributed by atoms with Gasteiger partial charge in [0.05, 0.1) is 26.8 Å². The van der Waals surface area contributed by atoms with Gasteiger partial charge in [-0.15, -0.1) is 22.7 Å². The van der Waals surface area contributed by atoms with Crippen LogP contribution in [0.25, 0.3) is 32.4 Å². The first-order valence-electron chi connectivity index (χ1n) is 11.4. The Bertz CT molecular complexity index is 1570. The van der Waals surface area contributed by atoms with E-state index in [0.717, 1.165) is 31.6 Å². The molecule has 176 valence electrons. The summed E-state index contributed by atoms with van der Waals surface area (Å²) in [6, 6.07) is 18.3. The zero-order valence-electron chi connectivity index (χ0n) is 19.7. The van der Waals surface area contributed by atoms with Gasteiger partial charge in [0, 0.05) is 22.4 Å². The van der Waals surface area contributed by atoms with Crippen LogP contribution in [0.2, 0.25) is 0 Å². The van der Waals surface area contributed by atoms with E-state index in [9.17, 15) is 9.18 Å². The van der Waals surface area contributed by atoms with Gasteiger partial charge in [0.25, 0.3) is 5.56 Å². The molecule has 0 N–H and O–H groups in total. The van der Waals surface area contributed by atoms with Crippen molar-refractivity contribution in [2.75, 3.05) is 0 Å². The van der Waals surface area contributed by atoms with Gasteiger partial charge in [-0.1, -0.05) is 42.5 Å². The summed E-state index contributed by atoms with van der Waals surface area (Å²) >= 11 is 3.18. The molecule has 0 fully saturated rings. The molecule has 0 aliphatic carbocycles. The maximum Gasteiger partial charge on any atom is 0.262 e. The number of thiazole rings is 1. The predicted octanol–water partition coefficient (Wildman–Crippen LogP) is 7.07. The number of hydrogen-bond acceptors (Lipinski definition) is 5. The van der Waals surface area contributed by atoms with Gasteiger partial charge in [-0.05, 0) is 56.5 Å². The van der Waals surface area contributed by atoms with Crippen molar-refractivity contribution >= 4 is 22.7 Å². The van der Waals surface area contributed by atoms with Gasteiger partial charge in [0.1, 0.15) is 11.6 Å². The topological polar surface area (TPSA) is 47.8 Å². The molecule has 4 nitrogen and oxygen atoms in total. The third-order valence-electron chi connectivity index (χ3n) is 5.92. The van der Waals surface area contributed by atoms with Crippen molar-refractivity contribution in [3.63, 3.8) is 0 Å². The number of hydrogen-bond donors (Lipinski definition) is 0. The highest BCUT2D eigenvalue weighted by atomic mass is 32.1. The Labute approximate surface area is 211 Å². The molecule has 0 radical (unpaired) electrons. The number of aromatic nitrogens is 3. The first kappa shape index (κ1) is 23.3. The van der Waals surface area contributed by atoms with Crippen LogP contribution in [0.3, 0.4) is 0 Å². The quantitative estimate of drug-likeness (QED) is 0.250. The van der Waals surface area contributed by atoms with E-state index in [-0.39, 0.29) is 11.4 Å². The highest BCUT2D eigenvalue weighted by molar-refractivity contribution is 7.19. The first-order valence-corrected chi connectivity index (χ1v) is 13.0. The van der Waals surface area contributed by atoms with E-state index >= 15 is 0 Å². The van der Waals surface area contributed by atoms with Crippen LogP contribution >= 0.6 is 22.7 Å². The van der Waals surface area contributed by atoms with Crippen LogP contribution in [-0.2, 0) is 13.0 Å². The molecule has 2 aromatic carbocycles. The van der Waals surface area contributed by atoms with Crippen molar-refractivity contribution in [1.29, 1.82) is 0 Å². The van der Waals surface area contributed by atoms with Crippen molar-refractivity contribution in [1.82, 2.24) is 14.5 Å². The summed E-state index contributed by atoms with van der Waals surface area (Å²) < 4.78 is 15.8. The zero-order chi connectivity index (χ0) is 24.5. The third-order valence-corrected chi connectivity index (χ3v) is 7.97. The van der Waals surface area contributed by atoms with E-state index in [1.807, 2.05) is 62.5 Å². The Balaban J connectivity index is 1.65. The Morgan fingerprint density at radius 1 is 0.971 bits per heavy atom. The molecule has 0 bridgehead atoms. The summed E-state index contributed by atoms with van der Waals surface area (Å²) in [5, 5.41) is 3.06. The second kappa shape index (κ2) is 9.68. The van der Waals surface area contributed by atoms with E-state index in [2.05, 4.69) is 4.98 Å². The Morgan fingerprint density at radius 3 is 2.49 bits per heavy atom. The molecule has 0 spiro atoms. The SMILES string of the molecule is Cc1nc(-c2sc(-c3c(C)nc(-c4cccc(F)c4)n(CCc4ccccc4)c3=O)cc2C)cs1. The first-order chi connectivity index (χ1) is 16.9. The smallest absolute Gasteiger partial charge is 0.262 e. The summed E-state index contributed by atoms with van der Waals surface area (Å²) in [5.74, 6) is 0.125. The number of benzene rings is 2. The Kier molecular flexibility index (Phi) is 6.45. The van der Waals surface area contributed by atoms with Crippen LogP contribution in [-0.4, -0.2) is 14.5 Å². The molecule has 35 heavy (non-hydrogen) atoms. The number of aryl methyl sites for hydroxylation is 4. The van der Waals surface area contributed by atoms with Gasteiger partial charge in [0.15, 0.2) is 0 Å². The number of rotatable bonds is 6. The van der Waals surface area contributed by atoms with Gasteiger partial charge >= 0.3 is 0 Å². The molecule has 0 unspecified atom stereocenters. The van der Waals surface area contributed by atoms with Crippen LogP contribution in [0.4, 0.5) is 4.39 Å². The lowest BCUT2D eigenvalue weighted by molar-refractivity contribution is 0.626. The molecule has 5 rings (SSSR count). The predicted molar refractivity (Wildman–Crippen MR) is 143 cm³/mol. The zero-order valence-corrected chi connectivity index (χ0v) is 21.3. The lowest BCUT2D eigenvalue weighted by Gasteiger charge is -2.16. The van der Waals surface area contributed by atoms with Crippen molar-refractivity contribution in [2.45, 2.75) is 33.7 Å². The van der Waals surface area contributed by atoms with Crippen LogP contribution < -0.4 is 5.56 Å². The average molecular weight is 502 g/mol. The van der Waals surface area contributed by atoms with Gasteiger partial charge in [0.2, 0.25) is 0 Å². The summed E-state index contributed by atoms with van der Waals surface area (Å²) in [5.41, 5.74) is 4.84. The Morgan fingerprint density at radius 2 is 1.77 bits per heavy atom. The van der Waals surface area contributed by atoms with E-state index < -0.39 is 0 Å². The molecule has 3 heterocycles. The largest absolute Gasteiger partial charge is 0.292 e. The molecule has 0 saturated heterocycles. The third kappa shape index (κ3) is 4.74. The summed E-state index contributed by atoms with van der Waals surface area (Å²) in [4.78, 5) is 25.4. The van der Waals surface area contributed by atoms with Crippen LogP contribution in [0.15, 0.2) is 70.8 Å². The van der Waals surface area contributed by atoms with Gasteiger partial charge in [-0.25, -0.2) is 14.4 Å². The van der Waals surface area contributed by atoms with Crippen LogP contribution in [0.1, 0.15) is 21.8 Å². The normalized spacial score (nSPS) is 11.2. The van der Waals surface area contributed by atoms with Crippen molar-refractivity contribution < 1.29 is 4.39 Å². The lowest BCUT2D eigenvalue weighted by Crippen LogP contribution is -2.27. The monoisotopic (exact) mass is 501 g/mol. The molecule has 3 aromatic heterocycles. The molecule has 0 aliphatic rings. The maximum absolute atomic E-state index is 14.1. The molecule has 0 aliphatic heterocycles. The van der Waals surface area contributed by atoms with E-state index in [1.54, 1.807) is 39.4 Å². The molecular weight excluding hydrogens is 477 g/mol. The maximum atomic E-state index is 14.1. The van der Waals surface area contributed by atoms with Crippen LogP contribution in [0.5, 0.6) is 0 Å². The average Bonchev–Trinajstić information content (AvgIpc) is 3.44. The fraction of sp³-hybridized carbons (Fsp3) is 0.179. The van der Waals surface area contributed by atoms with Crippen LogP contribution in [0, 0.1) is 26.6 Å². The highest BCUT2D eigenvalue weighted by Gasteiger charge is 2.21. The van der Waals surface area contributed by atoms with Crippen molar-refractivity contribution in [3.8, 4) is 32.4 Å². The van der Waals surface area contributed by atoms with Crippen molar-refractivity contribution in [2.24, 2.45) is 0 Å². The molecule has 5 aromatic rings. The minimum atomic E-state index is -0.356. The lowest BCUT2D eigenvalue weighted by atomic mass is 10.1.